The zero-order valence-corrected chi connectivity index (χ0v) is 23.4. The molecule has 1 aromatic heterocycles. The van der Waals surface area contributed by atoms with E-state index >= 15 is 0 Å². The van der Waals surface area contributed by atoms with E-state index in [-0.39, 0.29) is 0 Å². The molecule has 200 valence electrons. The summed E-state index contributed by atoms with van der Waals surface area (Å²) in [4.78, 5) is 0. The second-order valence-electron chi connectivity index (χ2n) is 11.2. The average Bonchev–Trinajstić information content (AvgIpc) is 3.47. The second kappa shape index (κ2) is 9.44. The van der Waals surface area contributed by atoms with E-state index in [1.54, 1.807) is 0 Å². The van der Waals surface area contributed by atoms with Crippen LogP contribution in [0.3, 0.4) is 0 Å². The molecular formula is C42H26O. The van der Waals surface area contributed by atoms with Gasteiger partial charge in [0.05, 0.1) is 0 Å². The SMILES string of the molecule is c1ccc(-c2c3ccccc3c(-c3cccc4c3oc3cccc(-c5ccc6ccccc6c5)c34)c3ccccc23)cc1. The lowest BCUT2D eigenvalue weighted by molar-refractivity contribution is 0.670. The molecule has 0 atom stereocenters. The van der Waals surface area contributed by atoms with Gasteiger partial charge in [-0.25, -0.2) is 0 Å². The van der Waals surface area contributed by atoms with Crippen LogP contribution < -0.4 is 0 Å². The number of fused-ring (bicyclic) bond motifs is 6. The third kappa shape index (κ3) is 3.65. The van der Waals surface area contributed by atoms with Gasteiger partial charge in [0.2, 0.25) is 0 Å². The molecule has 43 heavy (non-hydrogen) atoms. The van der Waals surface area contributed by atoms with E-state index in [1.165, 1.54) is 60.1 Å². The van der Waals surface area contributed by atoms with E-state index < -0.39 is 0 Å². The van der Waals surface area contributed by atoms with Crippen LogP contribution in [0.5, 0.6) is 0 Å². The smallest absolute Gasteiger partial charge is 0.143 e. The minimum atomic E-state index is 0.905. The Labute approximate surface area is 249 Å². The lowest BCUT2D eigenvalue weighted by atomic mass is 9.85. The van der Waals surface area contributed by atoms with Crippen LogP contribution in [-0.2, 0) is 0 Å². The molecule has 0 N–H and O–H groups in total. The van der Waals surface area contributed by atoms with Crippen LogP contribution in [-0.4, -0.2) is 0 Å². The van der Waals surface area contributed by atoms with Crippen LogP contribution in [0.4, 0.5) is 0 Å². The maximum Gasteiger partial charge on any atom is 0.143 e. The molecule has 1 heteroatoms. The Morgan fingerprint density at radius 2 is 0.930 bits per heavy atom. The molecule has 0 unspecified atom stereocenters. The summed E-state index contributed by atoms with van der Waals surface area (Å²) in [7, 11) is 0. The molecule has 9 aromatic rings. The van der Waals surface area contributed by atoms with Crippen molar-refractivity contribution in [3.63, 3.8) is 0 Å². The predicted molar refractivity (Wildman–Crippen MR) is 183 cm³/mol. The van der Waals surface area contributed by atoms with Crippen molar-refractivity contribution in [2.24, 2.45) is 0 Å². The maximum atomic E-state index is 6.80. The van der Waals surface area contributed by atoms with E-state index in [9.17, 15) is 0 Å². The van der Waals surface area contributed by atoms with Crippen molar-refractivity contribution in [1.29, 1.82) is 0 Å². The number of para-hydroxylation sites is 1. The minimum Gasteiger partial charge on any atom is -0.455 e. The Hall–Kier alpha value is -5.66. The highest BCUT2D eigenvalue weighted by Crippen LogP contribution is 2.47. The first-order chi connectivity index (χ1) is 21.3. The summed E-state index contributed by atoms with van der Waals surface area (Å²) < 4.78 is 6.80. The maximum absolute atomic E-state index is 6.80. The Bertz CT molecular complexity index is 2440. The van der Waals surface area contributed by atoms with Crippen LogP contribution in [0.25, 0.3) is 87.6 Å². The Morgan fingerprint density at radius 1 is 0.349 bits per heavy atom. The highest BCUT2D eigenvalue weighted by Gasteiger charge is 2.21. The zero-order chi connectivity index (χ0) is 28.3. The Morgan fingerprint density at radius 3 is 1.67 bits per heavy atom. The van der Waals surface area contributed by atoms with Gasteiger partial charge < -0.3 is 4.42 Å². The third-order valence-electron chi connectivity index (χ3n) is 8.85. The molecule has 0 aliphatic rings. The summed E-state index contributed by atoms with van der Waals surface area (Å²) in [6.07, 6.45) is 0. The van der Waals surface area contributed by atoms with E-state index in [0.717, 1.165) is 27.5 Å². The van der Waals surface area contributed by atoms with E-state index in [2.05, 4.69) is 158 Å². The van der Waals surface area contributed by atoms with Gasteiger partial charge in [0.25, 0.3) is 0 Å². The molecule has 0 aliphatic heterocycles. The highest BCUT2D eigenvalue weighted by molar-refractivity contribution is 6.25. The quantitative estimate of drug-likeness (QED) is 0.201. The molecule has 1 nitrogen and oxygen atoms in total. The molecule has 0 spiro atoms. The third-order valence-corrected chi connectivity index (χ3v) is 8.85. The molecule has 1 heterocycles. The number of hydrogen-bond acceptors (Lipinski definition) is 1. The molecule has 0 aliphatic carbocycles. The number of benzene rings is 8. The predicted octanol–water partition coefficient (Wildman–Crippen LogP) is 12.0. The number of rotatable bonds is 3. The summed E-state index contributed by atoms with van der Waals surface area (Å²) in [6, 6.07) is 56.6. The van der Waals surface area contributed by atoms with Crippen LogP contribution in [0.1, 0.15) is 0 Å². The first-order valence-electron chi connectivity index (χ1n) is 14.8. The molecule has 0 bridgehead atoms. The van der Waals surface area contributed by atoms with E-state index in [1.807, 2.05) is 0 Å². The van der Waals surface area contributed by atoms with Crippen LogP contribution in [0, 0.1) is 0 Å². The van der Waals surface area contributed by atoms with Crippen molar-refractivity contribution in [2.45, 2.75) is 0 Å². The normalized spacial score (nSPS) is 11.7. The topological polar surface area (TPSA) is 13.1 Å². The lowest BCUT2D eigenvalue weighted by Crippen LogP contribution is -1.91. The number of furan rings is 1. The average molecular weight is 547 g/mol. The molecular weight excluding hydrogens is 520 g/mol. The van der Waals surface area contributed by atoms with Crippen LogP contribution in [0.2, 0.25) is 0 Å². The Kier molecular flexibility index (Phi) is 5.27. The molecule has 0 saturated carbocycles. The summed E-state index contributed by atoms with van der Waals surface area (Å²) in [6.45, 7) is 0. The van der Waals surface area contributed by atoms with Crippen molar-refractivity contribution in [3.05, 3.63) is 158 Å². The first kappa shape index (κ1) is 24.0. The van der Waals surface area contributed by atoms with Crippen LogP contribution >= 0.6 is 0 Å². The van der Waals surface area contributed by atoms with Crippen molar-refractivity contribution in [3.8, 4) is 33.4 Å². The minimum absolute atomic E-state index is 0.905. The van der Waals surface area contributed by atoms with Crippen molar-refractivity contribution < 1.29 is 4.42 Å². The summed E-state index contributed by atoms with van der Waals surface area (Å²) >= 11 is 0. The fraction of sp³-hybridized carbons (Fsp3) is 0. The standard InChI is InChI=1S/C42H26O/c1-2-13-28(14-3-1)39-32-16-6-8-18-34(32)40(35-19-9-7-17-33(35)39)36-21-10-22-37-41-31(20-11-23-38(41)43-42(36)37)30-25-24-27-12-4-5-15-29(27)26-30/h1-26H. The van der Waals surface area contributed by atoms with Gasteiger partial charge >= 0.3 is 0 Å². The van der Waals surface area contributed by atoms with Gasteiger partial charge in [-0.15, -0.1) is 0 Å². The summed E-state index contributed by atoms with van der Waals surface area (Å²) in [5, 5.41) is 9.71. The fourth-order valence-electron chi connectivity index (χ4n) is 6.98. The van der Waals surface area contributed by atoms with Gasteiger partial charge in [-0.2, -0.15) is 0 Å². The molecule has 0 radical (unpaired) electrons. The van der Waals surface area contributed by atoms with Crippen molar-refractivity contribution in [1.82, 2.24) is 0 Å². The lowest BCUT2D eigenvalue weighted by Gasteiger charge is -2.17. The summed E-state index contributed by atoms with van der Waals surface area (Å²) in [5.41, 5.74) is 9.03. The largest absolute Gasteiger partial charge is 0.455 e. The van der Waals surface area contributed by atoms with Gasteiger partial charge in [-0.1, -0.05) is 146 Å². The van der Waals surface area contributed by atoms with Crippen molar-refractivity contribution >= 4 is 54.3 Å². The van der Waals surface area contributed by atoms with Gasteiger partial charge in [-0.3, -0.25) is 0 Å². The molecule has 0 amide bonds. The molecule has 0 saturated heterocycles. The van der Waals surface area contributed by atoms with Crippen LogP contribution in [0.15, 0.2) is 162 Å². The van der Waals surface area contributed by atoms with E-state index in [4.69, 9.17) is 4.42 Å². The van der Waals surface area contributed by atoms with Gasteiger partial charge in [0, 0.05) is 21.9 Å². The number of hydrogen-bond donors (Lipinski definition) is 0. The molecule has 0 fully saturated rings. The fourth-order valence-corrected chi connectivity index (χ4v) is 6.98. The van der Waals surface area contributed by atoms with Crippen molar-refractivity contribution in [2.75, 3.05) is 0 Å². The van der Waals surface area contributed by atoms with Gasteiger partial charge in [0.15, 0.2) is 0 Å². The van der Waals surface area contributed by atoms with E-state index in [0.29, 0.717) is 0 Å². The van der Waals surface area contributed by atoms with Gasteiger partial charge in [-0.05, 0) is 66.7 Å². The summed E-state index contributed by atoms with van der Waals surface area (Å²) in [5.74, 6) is 0. The molecule has 9 rings (SSSR count). The molecule has 8 aromatic carbocycles. The zero-order valence-electron chi connectivity index (χ0n) is 23.4. The monoisotopic (exact) mass is 546 g/mol. The van der Waals surface area contributed by atoms with Gasteiger partial charge in [0.1, 0.15) is 11.2 Å². The first-order valence-corrected chi connectivity index (χ1v) is 14.8. The second-order valence-corrected chi connectivity index (χ2v) is 11.2. The highest BCUT2D eigenvalue weighted by atomic mass is 16.3. The Balaban J connectivity index is 1.37.